The molecule has 112 valence electrons. The van der Waals surface area contributed by atoms with Crippen molar-refractivity contribution in [3.8, 4) is 11.4 Å². The summed E-state index contributed by atoms with van der Waals surface area (Å²) in [5.41, 5.74) is 0.985. The van der Waals surface area contributed by atoms with Crippen LogP contribution in [0.2, 0.25) is 0 Å². The van der Waals surface area contributed by atoms with Gasteiger partial charge in [0.2, 0.25) is 5.16 Å². The van der Waals surface area contributed by atoms with Crippen LogP contribution in [0.5, 0.6) is 0 Å². The van der Waals surface area contributed by atoms with Crippen molar-refractivity contribution in [3.05, 3.63) is 24.5 Å². The number of tetrazole rings is 1. The normalized spacial score (nSPS) is 16.9. The molecule has 0 bridgehead atoms. The third-order valence-electron chi connectivity index (χ3n) is 3.34. The number of hydrogen-bond acceptors (Lipinski definition) is 8. The second-order valence-corrected chi connectivity index (χ2v) is 6.75. The highest BCUT2D eigenvalue weighted by Crippen LogP contribution is 2.38. The molecule has 0 N–H and O–H groups in total. The van der Waals surface area contributed by atoms with Gasteiger partial charge in [-0.05, 0) is 22.6 Å². The molecule has 0 saturated heterocycles. The van der Waals surface area contributed by atoms with Gasteiger partial charge in [-0.25, -0.2) is 4.68 Å². The Morgan fingerprint density at radius 1 is 1.36 bits per heavy atom. The molecule has 8 nitrogen and oxygen atoms in total. The lowest BCUT2D eigenvalue weighted by Gasteiger charge is -2.13. The van der Waals surface area contributed by atoms with Gasteiger partial charge in [0.1, 0.15) is 0 Å². The highest BCUT2D eigenvalue weighted by atomic mass is 32.2. The van der Waals surface area contributed by atoms with E-state index in [9.17, 15) is 0 Å². The summed E-state index contributed by atoms with van der Waals surface area (Å²) in [6.07, 6.45) is 3.57. The minimum absolute atomic E-state index is 0.312. The lowest BCUT2D eigenvalue weighted by molar-refractivity contribution is 0.594. The Hall–Kier alpha value is -1.94. The van der Waals surface area contributed by atoms with Gasteiger partial charge in [-0.15, -0.1) is 15.3 Å². The Morgan fingerprint density at radius 3 is 3.09 bits per heavy atom. The lowest BCUT2D eigenvalue weighted by atomic mass is 10.2. The van der Waals surface area contributed by atoms with Gasteiger partial charge in [0.05, 0.1) is 6.04 Å². The fraction of sp³-hybridized carbons (Fsp3) is 0.333. The Kier molecular flexibility index (Phi) is 3.54. The van der Waals surface area contributed by atoms with E-state index < -0.39 is 0 Å². The number of rotatable bonds is 4. The molecule has 1 aliphatic rings. The van der Waals surface area contributed by atoms with E-state index in [0.717, 1.165) is 33.2 Å². The number of pyridine rings is 1. The predicted octanol–water partition coefficient (Wildman–Crippen LogP) is 1.30. The first-order valence-electron chi connectivity index (χ1n) is 6.66. The summed E-state index contributed by atoms with van der Waals surface area (Å²) in [6.45, 7) is 0. The maximum absolute atomic E-state index is 4.32. The van der Waals surface area contributed by atoms with Crippen molar-refractivity contribution in [2.45, 2.75) is 16.4 Å². The maximum Gasteiger partial charge on any atom is 0.209 e. The van der Waals surface area contributed by atoms with Gasteiger partial charge in [-0.2, -0.15) is 0 Å². The molecule has 0 fully saturated rings. The summed E-state index contributed by atoms with van der Waals surface area (Å²) < 4.78 is 3.88. The van der Waals surface area contributed by atoms with Crippen LogP contribution >= 0.6 is 23.5 Å². The third kappa shape index (κ3) is 2.37. The van der Waals surface area contributed by atoms with Crippen molar-refractivity contribution < 1.29 is 0 Å². The van der Waals surface area contributed by atoms with Gasteiger partial charge in [0.15, 0.2) is 11.0 Å². The molecule has 0 saturated carbocycles. The summed E-state index contributed by atoms with van der Waals surface area (Å²) in [7, 11) is 1.84. The summed E-state index contributed by atoms with van der Waals surface area (Å²) in [4.78, 5) is 4.17. The van der Waals surface area contributed by atoms with Crippen LogP contribution in [0.1, 0.15) is 6.04 Å². The summed E-state index contributed by atoms with van der Waals surface area (Å²) in [5.74, 6) is 2.73. The van der Waals surface area contributed by atoms with Crippen LogP contribution in [-0.2, 0) is 7.05 Å². The van der Waals surface area contributed by atoms with E-state index in [1.165, 1.54) is 0 Å². The SMILES string of the molecule is Cn1nnnc1SCC1CSc2nnc(-c3cccnc3)n21. The molecule has 3 aromatic heterocycles. The summed E-state index contributed by atoms with van der Waals surface area (Å²) in [6, 6.07) is 4.23. The molecule has 4 heterocycles. The summed E-state index contributed by atoms with van der Waals surface area (Å²) >= 11 is 3.37. The fourth-order valence-corrected chi connectivity index (χ4v) is 4.44. The number of thioether (sulfide) groups is 2. The van der Waals surface area contributed by atoms with Crippen molar-refractivity contribution in [1.29, 1.82) is 0 Å². The van der Waals surface area contributed by atoms with Crippen molar-refractivity contribution in [2.75, 3.05) is 11.5 Å². The van der Waals surface area contributed by atoms with Gasteiger partial charge in [0.25, 0.3) is 0 Å². The van der Waals surface area contributed by atoms with Gasteiger partial charge in [0, 0.05) is 36.5 Å². The second-order valence-electron chi connectivity index (χ2n) is 4.78. The van der Waals surface area contributed by atoms with E-state index in [1.807, 2.05) is 25.4 Å². The Morgan fingerprint density at radius 2 is 2.32 bits per heavy atom. The molecule has 4 rings (SSSR count). The molecular weight excluding hydrogens is 320 g/mol. The molecule has 1 aliphatic heterocycles. The van der Waals surface area contributed by atoms with Crippen LogP contribution in [0.4, 0.5) is 0 Å². The van der Waals surface area contributed by atoms with E-state index >= 15 is 0 Å². The van der Waals surface area contributed by atoms with Crippen LogP contribution in [0, 0.1) is 0 Å². The van der Waals surface area contributed by atoms with Gasteiger partial charge in [-0.3, -0.25) is 9.55 Å². The minimum atomic E-state index is 0.312. The quantitative estimate of drug-likeness (QED) is 0.661. The smallest absolute Gasteiger partial charge is 0.209 e. The van der Waals surface area contributed by atoms with Crippen molar-refractivity contribution in [2.24, 2.45) is 7.05 Å². The number of nitrogens with zero attached hydrogens (tertiary/aromatic N) is 8. The molecule has 0 aromatic carbocycles. The molecule has 0 spiro atoms. The summed E-state index contributed by atoms with van der Waals surface area (Å²) in [5, 5.41) is 21.9. The number of hydrogen-bond donors (Lipinski definition) is 0. The molecule has 10 heteroatoms. The van der Waals surface area contributed by atoms with Gasteiger partial charge in [-0.1, -0.05) is 23.5 Å². The second kappa shape index (κ2) is 5.69. The zero-order valence-corrected chi connectivity index (χ0v) is 13.3. The third-order valence-corrected chi connectivity index (χ3v) is 5.58. The molecule has 3 aromatic rings. The van der Waals surface area contributed by atoms with Crippen molar-refractivity contribution in [3.63, 3.8) is 0 Å². The molecule has 1 unspecified atom stereocenters. The van der Waals surface area contributed by atoms with E-state index in [1.54, 1.807) is 34.4 Å². The van der Waals surface area contributed by atoms with Crippen molar-refractivity contribution in [1.82, 2.24) is 40.0 Å². The van der Waals surface area contributed by atoms with Crippen LogP contribution < -0.4 is 0 Å². The maximum atomic E-state index is 4.32. The largest absolute Gasteiger partial charge is 0.297 e. The van der Waals surface area contributed by atoms with E-state index in [-0.39, 0.29) is 0 Å². The fourth-order valence-electron chi connectivity index (χ4n) is 2.28. The molecule has 22 heavy (non-hydrogen) atoms. The first kappa shape index (κ1) is 13.7. The van der Waals surface area contributed by atoms with Crippen LogP contribution in [0.25, 0.3) is 11.4 Å². The molecule has 0 radical (unpaired) electrons. The van der Waals surface area contributed by atoms with E-state index in [2.05, 4.69) is 35.3 Å². The molecule has 0 aliphatic carbocycles. The molecular formula is C12H12N8S2. The standard InChI is InChI=1S/C12H12N8S2/c1-19-11(16-17-18-19)21-6-9-7-22-12-15-14-10(20(9)12)8-3-2-4-13-5-8/h2-5,9H,6-7H2,1H3. The first-order chi connectivity index (χ1) is 10.8. The Balaban J connectivity index is 1.59. The van der Waals surface area contributed by atoms with Crippen molar-refractivity contribution >= 4 is 23.5 Å². The first-order valence-corrected chi connectivity index (χ1v) is 8.63. The van der Waals surface area contributed by atoms with E-state index in [4.69, 9.17) is 0 Å². The average Bonchev–Trinajstić information content (AvgIpc) is 3.23. The zero-order chi connectivity index (χ0) is 14.9. The monoisotopic (exact) mass is 332 g/mol. The van der Waals surface area contributed by atoms with Gasteiger partial charge < -0.3 is 0 Å². The van der Waals surface area contributed by atoms with Gasteiger partial charge >= 0.3 is 0 Å². The highest BCUT2D eigenvalue weighted by molar-refractivity contribution is 8.00. The van der Waals surface area contributed by atoms with Crippen LogP contribution in [0.15, 0.2) is 34.8 Å². The molecule has 1 atom stereocenters. The topological polar surface area (TPSA) is 87.2 Å². The minimum Gasteiger partial charge on any atom is -0.297 e. The predicted molar refractivity (Wildman–Crippen MR) is 82.5 cm³/mol. The molecule has 0 amide bonds. The highest BCUT2D eigenvalue weighted by Gasteiger charge is 2.29. The Bertz CT molecular complexity index is 784. The average molecular weight is 332 g/mol. The lowest BCUT2D eigenvalue weighted by Crippen LogP contribution is -2.11. The van der Waals surface area contributed by atoms with E-state index in [0.29, 0.717) is 6.04 Å². The number of aryl methyl sites for hydroxylation is 1. The number of aromatic nitrogens is 8. The van der Waals surface area contributed by atoms with Crippen LogP contribution in [0.3, 0.4) is 0 Å². The van der Waals surface area contributed by atoms with Crippen LogP contribution in [-0.4, -0.2) is 51.5 Å². The Labute approximate surface area is 134 Å². The number of fused-ring (bicyclic) bond motifs is 1. The zero-order valence-electron chi connectivity index (χ0n) is 11.7.